The molecule has 0 spiro atoms. The van der Waals surface area contributed by atoms with Crippen LogP contribution < -0.4 is 16.4 Å². The van der Waals surface area contributed by atoms with Crippen LogP contribution in [0.2, 0.25) is 0 Å². The van der Waals surface area contributed by atoms with Gasteiger partial charge in [-0.3, -0.25) is 19.4 Å². The van der Waals surface area contributed by atoms with Crippen LogP contribution in [0.15, 0.2) is 53.5 Å². The number of nitrogens with zero attached hydrogens (tertiary/aromatic N) is 3. The lowest BCUT2D eigenvalue weighted by atomic mass is 10.1. The number of aromatic nitrogens is 3. The highest BCUT2D eigenvalue weighted by Gasteiger charge is 2.18. The van der Waals surface area contributed by atoms with E-state index in [-0.39, 0.29) is 34.4 Å². The molecule has 3 heterocycles. The molecule has 1 aromatic carbocycles. The van der Waals surface area contributed by atoms with E-state index in [0.717, 1.165) is 11.1 Å². The van der Waals surface area contributed by atoms with Crippen LogP contribution in [0.5, 0.6) is 0 Å². The van der Waals surface area contributed by atoms with Gasteiger partial charge in [0.1, 0.15) is 22.6 Å². The Morgan fingerprint density at radius 2 is 1.93 bits per heavy atom. The van der Waals surface area contributed by atoms with Crippen LogP contribution >= 0.6 is 0 Å². The highest BCUT2D eigenvalue weighted by atomic mass is 19.1. The van der Waals surface area contributed by atoms with Crippen molar-refractivity contribution < 1.29 is 9.18 Å². The third kappa shape index (κ3) is 3.26. The number of pyridine rings is 2. The van der Waals surface area contributed by atoms with Gasteiger partial charge < -0.3 is 9.88 Å². The fourth-order valence-electron chi connectivity index (χ4n) is 3.45. The average Bonchev–Trinajstić information content (AvgIpc) is 2.72. The Bertz CT molecular complexity index is 1400. The highest BCUT2D eigenvalue weighted by molar-refractivity contribution is 5.96. The molecule has 2 N–H and O–H groups in total. The van der Waals surface area contributed by atoms with Gasteiger partial charge in [-0.1, -0.05) is 18.2 Å². The van der Waals surface area contributed by atoms with Gasteiger partial charge in [0.15, 0.2) is 0 Å². The second kappa shape index (κ2) is 7.55. The molecule has 0 radical (unpaired) electrons. The van der Waals surface area contributed by atoms with Gasteiger partial charge in [-0.05, 0) is 49.2 Å². The minimum absolute atomic E-state index is 0.0670. The quantitative estimate of drug-likeness (QED) is 0.511. The van der Waals surface area contributed by atoms with E-state index >= 15 is 0 Å². The van der Waals surface area contributed by atoms with Gasteiger partial charge in [0.05, 0.1) is 17.5 Å². The molecule has 8 heteroatoms. The highest BCUT2D eigenvalue weighted by Crippen LogP contribution is 2.14. The van der Waals surface area contributed by atoms with Crippen molar-refractivity contribution in [1.82, 2.24) is 19.3 Å². The van der Waals surface area contributed by atoms with E-state index in [1.807, 2.05) is 13.0 Å². The fraction of sp³-hybridized carbons (Fsp3) is 0.182. The number of nitrogens with one attached hydrogen (secondary N) is 2. The average molecular weight is 405 g/mol. The standard InChI is InChI=1S/C22H20FN5O2/c1-3-25-21(29)16-11-17-20(26-19-13(2)5-4-10-27(19)22(17)30)28(18(16)24)12-14-6-8-15(23)9-7-14/h4-11,24H,3,12H2,1-2H3,(H,25,29). The van der Waals surface area contributed by atoms with Crippen LogP contribution in [0.3, 0.4) is 0 Å². The molecule has 0 saturated heterocycles. The lowest BCUT2D eigenvalue weighted by Gasteiger charge is -2.15. The number of fused-ring (bicyclic) bond motifs is 2. The lowest BCUT2D eigenvalue weighted by molar-refractivity contribution is 0.0953. The van der Waals surface area contributed by atoms with Crippen LogP contribution in [0.25, 0.3) is 16.7 Å². The summed E-state index contributed by atoms with van der Waals surface area (Å²) in [5.41, 5.74) is 2.00. The van der Waals surface area contributed by atoms with Crippen molar-refractivity contribution in [1.29, 1.82) is 5.41 Å². The number of carbonyl (C=O) groups excluding carboxylic acids is 1. The monoisotopic (exact) mass is 405 g/mol. The minimum atomic E-state index is -0.439. The number of benzene rings is 1. The normalized spacial score (nSPS) is 11.2. The Labute approximate surface area is 170 Å². The van der Waals surface area contributed by atoms with Crippen LogP contribution in [-0.2, 0) is 6.54 Å². The molecular formula is C22H20FN5O2. The topological polar surface area (TPSA) is 92.2 Å². The van der Waals surface area contributed by atoms with Crippen molar-refractivity contribution >= 4 is 22.6 Å². The van der Waals surface area contributed by atoms with E-state index in [1.165, 1.54) is 27.2 Å². The molecule has 30 heavy (non-hydrogen) atoms. The van der Waals surface area contributed by atoms with E-state index in [1.54, 1.807) is 31.3 Å². The maximum Gasteiger partial charge on any atom is 0.267 e. The van der Waals surface area contributed by atoms with Crippen LogP contribution in [0.4, 0.5) is 4.39 Å². The van der Waals surface area contributed by atoms with Crippen molar-refractivity contribution in [3.63, 3.8) is 0 Å². The molecule has 0 bridgehead atoms. The molecule has 0 saturated carbocycles. The molecule has 0 atom stereocenters. The zero-order valence-corrected chi connectivity index (χ0v) is 16.6. The van der Waals surface area contributed by atoms with Gasteiger partial charge >= 0.3 is 0 Å². The van der Waals surface area contributed by atoms with Gasteiger partial charge in [0, 0.05) is 12.7 Å². The molecule has 0 fully saturated rings. The molecule has 0 aliphatic carbocycles. The van der Waals surface area contributed by atoms with Crippen molar-refractivity contribution in [2.75, 3.05) is 6.54 Å². The first-order chi connectivity index (χ1) is 14.4. The second-order valence-electron chi connectivity index (χ2n) is 7.02. The first-order valence-electron chi connectivity index (χ1n) is 9.53. The summed E-state index contributed by atoms with van der Waals surface area (Å²) in [6, 6.07) is 10.9. The van der Waals surface area contributed by atoms with E-state index in [9.17, 15) is 14.0 Å². The zero-order valence-electron chi connectivity index (χ0n) is 16.6. The Kier molecular flexibility index (Phi) is 4.91. The predicted molar refractivity (Wildman–Crippen MR) is 111 cm³/mol. The van der Waals surface area contributed by atoms with Crippen LogP contribution in [-0.4, -0.2) is 26.4 Å². The van der Waals surface area contributed by atoms with E-state index in [4.69, 9.17) is 5.41 Å². The minimum Gasteiger partial charge on any atom is -0.352 e. The number of aryl methyl sites for hydroxylation is 1. The Morgan fingerprint density at radius 1 is 1.20 bits per heavy atom. The summed E-state index contributed by atoms with van der Waals surface area (Å²) in [5.74, 6) is -0.806. The summed E-state index contributed by atoms with van der Waals surface area (Å²) >= 11 is 0. The summed E-state index contributed by atoms with van der Waals surface area (Å²) < 4.78 is 16.3. The van der Waals surface area contributed by atoms with Gasteiger partial charge in [0.25, 0.3) is 11.5 Å². The van der Waals surface area contributed by atoms with E-state index in [0.29, 0.717) is 17.8 Å². The predicted octanol–water partition coefficient (Wildman–Crippen LogP) is 2.37. The van der Waals surface area contributed by atoms with Gasteiger partial charge in [-0.15, -0.1) is 0 Å². The number of halogens is 1. The molecule has 0 aliphatic rings. The second-order valence-corrected chi connectivity index (χ2v) is 7.02. The first-order valence-corrected chi connectivity index (χ1v) is 9.53. The molecule has 0 aliphatic heterocycles. The third-order valence-electron chi connectivity index (χ3n) is 4.97. The van der Waals surface area contributed by atoms with Crippen molar-refractivity contribution in [2.24, 2.45) is 0 Å². The first kappa shape index (κ1) is 19.5. The summed E-state index contributed by atoms with van der Waals surface area (Å²) in [7, 11) is 0. The molecule has 152 valence electrons. The van der Waals surface area contributed by atoms with Gasteiger partial charge in [-0.2, -0.15) is 0 Å². The summed E-state index contributed by atoms with van der Waals surface area (Å²) in [6.07, 6.45) is 1.63. The third-order valence-corrected chi connectivity index (χ3v) is 4.97. The lowest BCUT2D eigenvalue weighted by Crippen LogP contribution is -2.35. The van der Waals surface area contributed by atoms with Crippen molar-refractivity contribution in [3.8, 4) is 0 Å². The van der Waals surface area contributed by atoms with Crippen molar-refractivity contribution in [3.05, 3.63) is 87.0 Å². The van der Waals surface area contributed by atoms with Gasteiger partial charge in [-0.25, -0.2) is 9.37 Å². The Morgan fingerprint density at radius 3 is 2.63 bits per heavy atom. The number of amides is 1. The Balaban J connectivity index is 2.08. The fourth-order valence-corrected chi connectivity index (χ4v) is 3.45. The molecule has 4 aromatic rings. The molecular weight excluding hydrogens is 385 g/mol. The largest absolute Gasteiger partial charge is 0.352 e. The zero-order chi connectivity index (χ0) is 21.4. The summed E-state index contributed by atoms with van der Waals surface area (Å²) in [6.45, 7) is 4.18. The molecule has 7 nitrogen and oxygen atoms in total. The van der Waals surface area contributed by atoms with E-state index < -0.39 is 5.91 Å². The number of carbonyl (C=O) groups is 1. The number of hydrogen-bond acceptors (Lipinski definition) is 4. The van der Waals surface area contributed by atoms with E-state index in [2.05, 4.69) is 10.3 Å². The van der Waals surface area contributed by atoms with Gasteiger partial charge in [0.2, 0.25) is 0 Å². The van der Waals surface area contributed by atoms with Crippen LogP contribution in [0.1, 0.15) is 28.4 Å². The molecule has 3 aromatic heterocycles. The summed E-state index contributed by atoms with van der Waals surface area (Å²) in [5, 5.41) is 11.6. The maximum atomic E-state index is 13.3. The maximum absolute atomic E-state index is 13.3. The number of hydrogen-bond donors (Lipinski definition) is 2. The van der Waals surface area contributed by atoms with Crippen LogP contribution in [0, 0.1) is 18.2 Å². The number of rotatable bonds is 4. The SMILES string of the molecule is CCNC(=O)c1cc2c(=O)n3cccc(C)c3nc2n(Cc2ccc(F)cc2)c1=N. The Hall–Kier alpha value is -3.81. The molecule has 0 unspecified atom stereocenters. The summed E-state index contributed by atoms with van der Waals surface area (Å²) in [4.78, 5) is 30.4. The molecule has 1 amide bonds. The smallest absolute Gasteiger partial charge is 0.267 e. The van der Waals surface area contributed by atoms with Crippen molar-refractivity contribution in [2.45, 2.75) is 20.4 Å². The molecule has 4 rings (SSSR count).